The third kappa shape index (κ3) is 1.66. The van der Waals surface area contributed by atoms with Crippen LogP contribution in [0.5, 0.6) is 0 Å². The van der Waals surface area contributed by atoms with Crippen molar-refractivity contribution in [1.29, 1.82) is 0 Å². The summed E-state index contributed by atoms with van der Waals surface area (Å²) in [7, 11) is 0. The van der Waals surface area contributed by atoms with Crippen molar-refractivity contribution in [2.75, 3.05) is 11.5 Å². The lowest BCUT2D eigenvalue weighted by molar-refractivity contribution is 0.812. The maximum Gasteiger partial charge on any atom is 0.201 e. The summed E-state index contributed by atoms with van der Waals surface area (Å²) in [5.74, 6) is 0.473. The van der Waals surface area contributed by atoms with Gasteiger partial charge < -0.3 is 16.0 Å². The number of hydrogen-bond donors (Lipinski definition) is 2. The number of hydrogen-bond acceptors (Lipinski definition) is 4. The first-order chi connectivity index (χ1) is 8.75. The Morgan fingerprint density at radius 3 is 2.72 bits per heavy atom. The number of para-hydroxylation sites is 2. The first-order valence-electron chi connectivity index (χ1n) is 5.66. The fraction of sp³-hybridized carbons (Fsp3) is 0.0769. The third-order valence-corrected chi connectivity index (χ3v) is 2.92. The number of rotatable bonds is 2. The fourth-order valence-electron chi connectivity index (χ4n) is 1.99. The van der Waals surface area contributed by atoms with Gasteiger partial charge in [-0.1, -0.05) is 12.1 Å². The number of nitrogen functional groups attached to an aromatic ring is 2. The van der Waals surface area contributed by atoms with Crippen molar-refractivity contribution < 1.29 is 0 Å². The summed E-state index contributed by atoms with van der Waals surface area (Å²) in [4.78, 5) is 8.58. The first kappa shape index (κ1) is 10.6. The summed E-state index contributed by atoms with van der Waals surface area (Å²) in [6.45, 7) is 0.527. The molecule has 2 heterocycles. The van der Waals surface area contributed by atoms with Crippen LogP contribution in [0.2, 0.25) is 0 Å². The van der Waals surface area contributed by atoms with Gasteiger partial charge in [0.05, 0.1) is 29.0 Å². The molecule has 90 valence electrons. The van der Waals surface area contributed by atoms with Gasteiger partial charge in [-0.05, 0) is 24.3 Å². The van der Waals surface area contributed by atoms with E-state index >= 15 is 0 Å². The van der Waals surface area contributed by atoms with Crippen LogP contribution in [0.1, 0.15) is 5.69 Å². The third-order valence-electron chi connectivity index (χ3n) is 2.92. The largest absolute Gasteiger partial charge is 0.397 e. The molecule has 0 bridgehead atoms. The molecule has 3 rings (SSSR count). The second-order valence-electron chi connectivity index (χ2n) is 4.08. The Hall–Kier alpha value is -2.56. The van der Waals surface area contributed by atoms with E-state index in [2.05, 4.69) is 9.97 Å². The van der Waals surface area contributed by atoms with Gasteiger partial charge in [0.2, 0.25) is 5.95 Å². The number of nitrogens with two attached hydrogens (primary N) is 2. The SMILES string of the molecule is Nc1cccnc1Cn1c(N)nc2ccccc21. The van der Waals surface area contributed by atoms with Gasteiger partial charge in [0, 0.05) is 6.20 Å². The average Bonchev–Trinajstić information content (AvgIpc) is 2.69. The lowest BCUT2D eigenvalue weighted by Gasteiger charge is -2.07. The minimum atomic E-state index is 0.473. The number of nitrogens with zero attached hydrogens (tertiary/aromatic N) is 3. The number of aromatic nitrogens is 3. The molecule has 18 heavy (non-hydrogen) atoms. The lowest BCUT2D eigenvalue weighted by Crippen LogP contribution is -2.08. The van der Waals surface area contributed by atoms with E-state index in [0.717, 1.165) is 16.7 Å². The number of fused-ring (bicyclic) bond motifs is 1. The van der Waals surface area contributed by atoms with E-state index in [0.29, 0.717) is 18.2 Å². The number of imidazole rings is 1. The Bertz CT molecular complexity index is 701. The zero-order chi connectivity index (χ0) is 12.5. The topological polar surface area (TPSA) is 82.8 Å². The van der Waals surface area contributed by atoms with Crippen LogP contribution in [0, 0.1) is 0 Å². The Labute approximate surface area is 104 Å². The van der Waals surface area contributed by atoms with E-state index < -0.39 is 0 Å². The van der Waals surface area contributed by atoms with Gasteiger partial charge in [-0.15, -0.1) is 0 Å². The van der Waals surface area contributed by atoms with E-state index in [-0.39, 0.29) is 0 Å². The molecule has 1 aromatic carbocycles. The summed E-state index contributed by atoms with van der Waals surface area (Å²) < 4.78 is 1.91. The van der Waals surface area contributed by atoms with E-state index in [4.69, 9.17) is 11.5 Å². The summed E-state index contributed by atoms with van der Waals surface area (Å²) in [6.07, 6.45) is 1.72. The van der Waals surface area contributed by atoms with E-state index in [9.17, 15) is 0 Å². The molecule has 0 aliphatic carbocycles. The molecule has 0 atom stereocenters. The highest BCUT2D eigenvalue weighted by Gasteiger charge is 2.09. The molecule has 0 aliphatic heterocycles. The number of pyridine rings is 1. The predicted octanol–water partition coefficient (Wildman–Crippen LogP) is 1.64. The van der Waals surface area contributed by atoms with Gasteiger partial charge in [-0.25, -0.2) is 4.98 Å². The maximum absolute atomic E-state index is 5.93. The van der Waals surface area contributed by atoms with Gasteiger partial charge in [0.1, 0.15) is 0 Å². The molecule has 0 spiro atoms. The highest BCUT2D eigenvalue weighted by atomic mass is 15.2. The maximum atomic E-state index is 5.93. The molecule has 0 saturated carbocycles. The Morgan fingerprint density at radius 1 is 1.06 bits per heavy atom. The van der Waals surface area contributed by atoms with Crippen LogP contribution in [0.25, 0.3) is 11.0 Å². The molecule has 0 radical (unpaired) electrons. The van der Waals surface area contributed by atoms with Crippen LogP contribution >= 0.6 is 0 Å². The molecule has 0 amide bonds. The van der Waals surface area contributed by atoms with Gasteiger partial charge >= 0.3 is 0 Å². The lowest BCUT2D eigenvalue weighted by atomic mass is 10.3. The van der Waals surface area contributed by atoms with Gasteiger partial charge in [0.25, 0.3) is 0 Å². The van der Waals surface area contributed by atoms with Crippen molar-refractivity contribution >= 4 is 22.7 Å². The molecular weight excluding hydrogens is 226 g/mol. The fourth-order valence-corrected chi connectivity index (χ4v) is 1.99. The minimum Gasteiger partial charge on any atom is -0.397 e. The van der Waals surface area contributed by atoms with Crippen molar-refractivity contribution in [3.63, 3.8) is 0 Å². The molecule has 0 fully saturated rings. The summed E-state index contributed by atoms with van der Waals surface area (Å²) in [6, 6.07) is 11.5. The van der Waals surface area contributed by atoms with E-state index in [1.807, 2.05) is 41.0 Å². The molecule has 0 aliphatic rings. The number of anilines is 2. The summed E-state index contributed by atoms with van der Waals surface area (Å²) in [5.41, 5.74) is 15.2. The number of benzene rings is 1. The minimum absolute atomic E-state index is 0.473. The van der Waals surface area contributed by atoms with E-state index in [1.54, 1.807) is 6.20 Å². The standard InChI is InChI=1S/C13H13N5/c14-9-4-3-7-16-11(9)8-18-12-6-2-1-5-10(12)17-13(18)15/h1-7H,8,14H2,(H2,15,17). The van der Waals surface area contributed by atoms with Crippen molar-refractivity contribution in [2.24, 2.45) is 0 Å². The Morgan fingerprint density at radius 2 is 1.89 bits per heavy atom. The molecule has 4 N–H and O–H groups in total. The van der Waals surface area contributed by atoms with Crippen LogP contribution in [0.3, 0.4) is 0 Å². The monoisotopic (exact) mass is 239 g/mol. The van der Waals surface area contributed by atoms with E-state index in [1.165, 1.54) is 0 Å². The van der Waals surface area contributed by atoms with Crippen LogP contribution in [0.15, 0.2) is 42.6 Å². The smallest absolute Gasteiger partial charge is 0.201 e. The highest BCUT2D eigenvalue weighted by molar-refractivity contribution is 5.78. The quantitative estimate of drug-likeness (QED) is 0.712. The average molecular weight is 239 g/mol. The van der Waals surface area contributed by atoms with Crippen LogP contribution < -0.4 is 11.5 Å². The molecule has 0 unspecified atom stereocenters. The molecule has 0 saturated heterocycles. The van der Waals surface area contributed by atoms with Gasteiger partial charge in [0.15, 0.2) is 0 Å². The van der Waals surface area contributed by atoms with Crippen LogP contribution in [0.4, 0.5) is 11.6 Å². The van der Waals surface area contributed by atoms with Crippen molar-refractivity contribution in [2.45, 2.75) is 6.54 Å². The van der Waals surface area contributed by atoms with Gasteiger partial charge in [-0.2, -0.15) is 0 Å². The van der Waals surface area contributed by atoms with Gasteiger partial charge in [-0.3, -0.25) is 4.98 Å². The van der Waals surface area contributed by atoms with Crippen LogP contribution in [-0.4, -0.2) is 14.5 Å². The Balaban J connectivity index is 2.10. The molecule has 5 nitrogen and oxygen atoms in total. The summed E-state index contributed by atoms with van der Waals surface area (Å²) in [5, 5.41) is 0. The summed E-state index contributed by atoms with van der Waals surface area (Å²) >= 11 is 0. The zero-order valence-electron chi connectivity index (χ0n) is 9.74. The normalized spacial score (nSPS) is 10.9. The van der Waals surface area contributed by atoms with Crippen molar-refractivity contribution in [3.8, 4) is 0 Å². The molecule has 5 heteroatoms. The predicted molar refractivity (Wildman–Crippen MR) is 71.9 cm³/mol. The Kier molecular flexibility index (Phi) is 2.37. The molecule has 2 aromatic heterocycles. The van der Waals surface area contributed by atoms with Crippen molar-refractivity contribution in [3.05, 3.63) is 48.3 Å². The zero-order valence-corrected chi connectivity index (χ0v) is 9.74. The highest BCUT2D eigenvalue weighted by Crippen LogP contribution is 2.20. The van der Waals surface area contributed by atoms with Crippen LogP contribution in [-0.2, 0) is 6.54 Å². The van der Waals surface area contributed by atoms with Crippen molar-refractivity contribution in [1.82, 2.24) is 14.5 Å². The first-order valence-corrected chi connectivity index (χ1v) is 5.66. The second kappa shape index (κ2) is 4.03. The molecule has 3 aromatic rings. The second-order valence-corrected chi connectivity index (χ2v) is 4.08. The molecular formula is C13H13N5.